The lowest BCUT2D eigenvalue weighted by Crippen LogP contribution is -2.14. The number of aryl methyl sites for hydroxylation is 1. The number of ether oxygens (including phenoxy) is 3. The molecule has 32 heavy (non-hydrogen) atoms. The van der Waals surface area contributed by atoms with Gasteiger partial charge in [-0.25, -0.2) is 14.2 Å². The molecule has 0 spiro atoms. The Bertz CT molecular complexity index is 1160. The molecule has 0 saturated heterocycles. The summed E-state index contributed by atoms with van der Waals surface area (Å²) in [5, 5.41) is 0.617. The number of carbonyl (C=O) groups is 1. The highest BCUT2D eigenvalue weighted by molar-refractivity contribution is 6.35. The molecule has 1 heterocycles. The normalized spacial score (nSPS) is 11.1. The van der Waals surface area contributed by atoms with Crippen LogP contribution in [-0.2, 0) is 22.4 Å². The Balaban J connectivity index is 2.27. The number of nitrogens with zero attached hydrogens (tertiary/aromatic N) is 1. The zero-order chi connectivity index (χ0) is 23.4. The third-order valence-corrected chi connectivity index (χ3v) is 5.27. The SMILES string of the molecule is CCc1nc2c(F)ccc(OCC(=O)OC)c2c(OC(F)F)c1Cc1ccc(Cl)cc1Cl. The molecule has 0 N–H and O–H groups in total. The maximum atomic E-state index is 14.6. The van der Waals surface area contributed by atoms with Crippen LogP contribution < -0.4 is 9.47 Å². The van der Waals surface area contributed by atoms with Crippen molar-refractivity contribution in [3.05, 3.63) is 63.0 Å². The molecule has 0 aliphatic rings. The van der Waals surface area contributed by atoms with E-state index in [2.05, 4.69) is 9.72 Å². The lowest BCUT2D eigenvalue weighted by atomic mass is 9.98. The summed E-state index contributed by atoms with van der Waals surface area (Å²) in [7, 11) is 1.17. The Morgan fingerprint density at radius 2 is 1.94 bits per heavy atom. The van der Waals surface area contributed by atoms with E-state index in [0.717, 1.165) is 6.07 Å². The fraction of sp³-hybridized carbons (Fsp3) is 0.273. The van der Waals surface area contributed by atoms with Gasteiger partial charge in [0.1, 0.15) is 22.8 Å². The number of rotatable bonds is 8. The van der Waals surface area contributed by atoms with Crippen LogP contribution >= 0.6 is 23.2 Å². The van der Waals surface area contributed by atoms with E-state index in [4.69, 9.17) is 32.7 Å². The van der Waals surface area contributed by atoms with E-state index in [9.17, 15) is 18.0 Å². The van der Waals surface area contributed by atoms with Gasteiger partial charge in [0, 0.05) is 27.7 Å². The molecule has 10 heteroatoms. The van der Waals surface area contributed by atoms with Gasteiger partial charge in [-0.15, -0.1) is 0 Å². The van der Waals surface area contributed by atoms with Crippen molar-refractivity contribution < 1.29 is 32.2 Å². The Kier molecular flexibility index (Phi) is 7.69. The summed E-state index contributed by atoms with van der Waals surface area (Å²) in [5.74, 6) is -1.81. The Morgan fingerprint density at radius 3 is 2.56 bits per heavy atom. The average molecular weight is 488 g/mol. The summed E-state index contributed by atoms with van der Waals surface area (Å²) >= 11 is 12.2. The minimum atomic E-state index is -3.21. The minimum Gasteiger partial charge on any atom is -0.481 e. The highest BCUT2D eigenvalue weighted by Gasteiger charge is 2.24. The number of hydrogen-bond acceptors (Lipinski definition) is 5. The molecule has 1 aromatic heterocycles. The number of benzene rings is 2. The smallest absolute Gasteiger partial charge is 0.387 e. The number of carbonyl (C=O) groups excluding carboxylic acids is 1. The molecule has 0 amide bonds. The van der Waals surface area contributed by atoms with Gasteiger partial charge in [-0.05, 0) is 36.2 Å². The van der Waals surface area contributed by atoms with Crippen molar-refractivity contribution in [1.29, 1.82) is 0 Å². The van der Waals surface area contributed by atoms with E-state index in [-0.39, 0.29) is 34.4 Å². The lowest BCUT2D eigenvalue weighted by Gasteiger charge is -2.19. The van der Waals surface area contributed by atoms with Crippen LogP contribution in [0.2, 0.25) is 10.0 Å². The van der Waals surface area contributed by atoms with E-state index in [0.29, 0.717) is 27.7 Å². The van der Waals surface area contributed by atoms with E-state index in [1.54, 1.807) is 19.1 Å². The van der Waals surface area contributed by atoms with Crippen LogP contribution in [0, 0.1) is 5.82 Å². The second-order valence-corrected chi connectivity index (χ2v) is 7.49. The van der Waals surface area contributed by atoms with Crippen LogP contribution in [-0.4, -0.2) is 31.3 Å². The summed E-state index contributed by atoms with van der Waals surface area (Å²) in [4.78, 5) is 15.9. The third-order valence-electron chi connectivity index (χ3n) is 4.68. The number of fused-ring (bicyclic) bond motifs is 1. The first-order valence-electron chi connectivity index (χ1n) is 9.47. The Morgan fingerprint density at radius 1 is 1.19 bits per heavy atom. The topological polar surface area (TPSA) is 57.7 Å². The van der Waals surface area contributed by atoms with Crippen LogP contribution in [0.3, 0.4) is 0 Å². The molecule has 0 radical (unpaired) electrons. The fourth-order valence-electron chi connectivity index (χ4n) is 3.23. The highest BCUT2D eigenvalue weighted by atomic mass is 35.5. The van der Waals surface area contributed by atoms with Crippen molar-refractivity contribution in [2.24, 2.45) is 0 Å². The third kappa shape index (κ3) is 5.19. The van der Waals surface area contributed by atoms with Gasteiger partial charge in [0.15, 0.2) is 6.61 Å². The monoisotopic (exact) mass is 487 g/mol. The van der Waals surface area contributed by atoms with Crippen molar-refractivity contribution in [2.45, 2.75) is 26.4 Å². The summed E-state index contributed by atoms with van der Waals surface area (Å²) in [6.45, 7) is -1.97. The van der Waals surface area contributed by atoms with E-state index >= 15 is 0 Å². The fourth-order valence-corrected chi connectivity index (χ4v) is 3.70. The summed E-state index contributed by atoms with van der Waals surface area (Å²) in [6, 6.07) is 7.08. The van der Waals surface area contributed by atoms with Crippen LogP contribution in [0.1, 0.15) is 23.7 Å². The molecule has 2 aromatic carbocycles. The number of hydrogen-bond donors (Lipinski definition) is 0. The molecule has 170 valence electrons. The van der Waals surface area contributed by atoms with Crippen LogP contribution in [0.4, 0.5) is 13.2 Å². The standard InChI is InChI=1S/C22H18Cl2F3NO4/c1-3-16-13(8-11-4-5-12(23)9-14(11)24)21(32-22(26)27)19-17(31-10-18(29)30-2)7-6-15(25)20(19)28-16/h4-7,9,22H,3,8,10H2,1-2H3. The molecule has 0 fully saturated rings. The van der Waals surface area contributed by atoms with Gasteiger partial charge < -0.3 is 14.2 Å². The molecular weight excluding hydrogens is 470 g/mol. The summed E-state index contributed by atoms with van der Waals surface area (Å²) < 4.78 is 56.3. The number of esters is 1. The van der Waals surface area contributed by atoms with Crippen molar-refractivity contribution >= 4 is 40.1 Å². The first-order valence-corrected chi connectivity index (χ1v) is 10.2. The van der Waals surface area contributed by atoms with E-state index < -0.39 is 25.0 Å². The van der Waals surface area contributed by atoms with E-state index in [1.165, 1.54) is 19.2 Å². The van der Waals surface area contributed by atoms with Crippen molar-refractivity contribution in [1.82, 2.24) is 4.98 Å². The van der Waals surface area contributed by atoms with Gasteiger partial charge >= 0.3 is 12.6 Å². The summed E-state index contributed by atoms with van der Waals surface area (Å²) in [5.41, 5.74) is 1.01. The van der Waals surface area contributed by atoms with Gasteiger partial charge in [0.05, 0.1) is 12.5 Å². The highest BCUT2D eigenvalue weighted by Crippen LogP contribution is 2.41. The second kappa shape index (κ2) is 10.3. The molecule has 5 nitrogen and oxygen atoms in total. The maximum absolute atomic E-state index is 14.6. The van der Waals surface area contributed by atoms with Crippen molar-refractivity contribution in [3.8, 4) is 11.5 Å². The van der Waals surface area contributed by atoms with Crippen LogP contribution in [0.25, 0.3) is 10.9 Å². The molecule has 0 unspecified atom stereocenters. The molecule has 0 aliphatic heterocycles. The zero-order valence-corrected chi connectivity index (χ0v) is 18.6. The maximum Gasteiger partial charge on any atom is 0.387 e. The van der Waals surface area contributed by atoms with Crippen LogP contribution in [0.15, 0.2) is 30.3 Å². The number of aromatic nitrogens is 1. The number of alkyl halides is 2. The molecule has 3 aromatic rings. The van der Waals surface area contributed by atoms with Gasteiger partial charge in [0.25, 0.3) is 0 Å². The number of halogens is 5. The first kappa shape index (κ1) is 23.9. The molecule has 0 atom stereocenters. The van der Waals surface area contributed by atoms with Crippen molar-refractivity contribution in [3.63, 3.8) is 0 Å². The Labute approximate surface area is 192 Å². The number of pyridine rings is 1. The molecular formula is C22H18Cl2F3NO4. The molecule has 0 saturated carbocycles. The van der Waals surface area contributed by atoms with E-state index in [1.807, 2.05) is 0 Å². The molecule has 0 aliphatic carbocycles. The lowest BCUT2D eigenvalue weighted by molar-refractivity contribution is -0.142. The zero-order valence-electron chi connectivity index (χ0n) is 17.1. The van der Waals surface area contributed by atoms with Crippen molar-refractivity contribution in [2.75, 3.05) is 13.7 Å². The van der Waals surface area contributed by atoms with Crippen LogP contribution in [0.5, 0.6) is 11.5 Å². The predicted molar refractivity (Wildman–Crippen MR) is 114 cm³/mol. The summed E-state index contributed by atoms with van der Waals surface area (Å²) in [6.07, 6.45) is 0.375. The van der Waals surface area contributed by atoms with Gasteiger partial charge in [0.2, 0.25) is 0 Å². The molecule has 0 bridgehead atoms. The largest absolute Gasteiger partial charge is 0.481 e. The quantitative estimate of drug-likeness (QED) is 0.365. The second-order valence-electron chi connectivity index (χ2n) is 6.64. The number of methoxy groups -OCH3 is 1. The van der Waals surface area contributed by atoms with Gasteiger partial charge in [-0.1, -0.05) is 36.2 Å². The Hall–Kier alpha value is -2.71. The average Bonchev–Trinajstić information content (AvgIpc) is 2.75. The molecule has 3 rings (SSSR count). The van der Waals surface area contributed by atoms with Gasteiger partial charge in [-0.2, -0.15) is 8.78 Å². The van der Waals surface area contributed by atoms with Gasteiger partial charge in [-0.3, -0.25) is 0 Å². The first-order chi connectivity index (χ1) is 15.2. The predicted octanol–water partition coefficient (Wildman–Crippen LogP) is 5.99. The minimum absolute atomic E-state index is 0.0546.